The van der Waals surface area contributed by atoms with Crippen LogP contribution in [0.15, 0.2) is 18.2 Å². The summed E-state index contributed by atoms with van der Waals surface area (Å²) >= 11 is 0. The van der Waals surface area contributed by atoms with Crippen molar-refractivity contribution in [2.45, 2.75) is 77.0 Å². The SMILES string of the molecule is CC(=O)N[C@@]1(C)C[C@H](c2ccc3c(c2)CCCO3)O[C@@H]2C[C@H](C)CC[C@H]21. The van der Waals surface area contributed by atoms with E-state index in [1.807, 2.05) is 0 Å². The molecule has 1 N–H and O–H groups in total. The zero-order chi connectivity index (χ0) is 18.3. The second-order valence-corrected chi connectivity index (χ2v) is 8.81. The van der Waals surface area contributed by atoms with E-state index in [0.29, 0.717) is 11.8 Å². The first-order valence-corrected chi connectivity index (χ1v) is 10.1. The second-order valence-electron chi connectivity index (χ2n) is 8.81. The lowest BCUT2D eigenvalue weighted by Crippen LogP contribution is -2.60. The van der Waals surface area contributed by atoms with Crippen molar-refractivity contribution in [3.8, 4) is 5.75 Å². The van der Waals surface area contributed by atoms with E-state index >= 15 is 0 Å². The Morgan fingerprint density at radius 1 is 1.31 bits per heavy atom. The molecule has 26 heavy (non-hydrogen) atoms. The van der Waals surface area contributed by atoms with Crippen molar-refractivity contribution in [1.29, 1.82) is 0 Å². The minimum atomic E-state index is -0.202. The Balaban J connectivity index is 1.63. The standard InChI is InChI=1S/C22H31NO3/c1-14-6-8-18-20(11-14)26-21(13-22(18,3)23-15(2)24)17-7-9-19-16(12-17)5-4-10-25-19/h7,9,12,14,18,20-21H,4-6,8,10-11,13H2,1-3H3,(H,23,24)/t14-,18-,20-,21-,22+/m1/s1. The molecule has 2 aliphatic heterocycles. The van der Waals surface area contributed by atoms with Gasteiger partial charge >= 0.3 is 0 Å². The van der Waals surface area contributed by atoms with Crippen LogP contribution in [-0.4, -0.2) is 24.2 Å². The normalized spacial score (nSPS) is 36.4. The van der Waals surface area contributed by atoms with Crippen LogP contribution in [0.5, 0.6) is 5.75 Å². The number of carbonyl (C=O) groups is 1. The fraction of sp³-hybridized carbons (Fsp3) is 0.682. The summed E-state index contributed by atoms with van der Waals surface area (Å²) in [7, 11) is 0. The van der Waals surface area contributed by atoms with Gasteiger partial charge in [-0.05, 0) is 61.8 Å². The predicted octanol–water partition coefficient (Wildman–Crippen LogP) is 4.17. The van der Waals surface area contributed by atoms with Gasteiger partial charge in [-0.25, -0.2) is 0 Å². The Morgan fingerprint density at radius 2 is 2.15 bits per heavy atom. The maximum atomic E-state index is 11.9. The van der Waals surface area contributed by atoms with Crippen LogP contribution in [0.1, 0.15) is 70.1 Å². The lowest BCUT2D eigenvalue weighted by molar-refractivity contribution is -0.153. The number of fused-ring (bicyclic) bond motifs is 2. The molecule has 1 aromatic rings. The van der Waals surface area contributed by atoms with Crippen molar-refractivity contribution in [3.05, 3.63) is 29.3 Å². The van der Waals surface area contributed by atoms with Gasteiger partial charge in [0.05, 0.1) is 18.8 Å². The third-order valence-corrected chi connectivity index (χ3v) is 6.59. The van der Waals surface area contributed by atoms with Crippen molar-refractivity contribution in [1.82, 2.24) is 5.32 Å². The van der Waals surface area contributed by atoms with E-state index < -0.39 is 0 Å². The highest BCUT2D eigenvalue weighted by molar-refractivity contribution is 5.73. The minimum absolute atomic E-state index is 0.0330. The number of ether oxygens (including phenoxy) is 2. The molecule has 0 spiro atoms. The number of nitrogens with one attached hydrogen (secondary N) is 1. The first-order chi connectivity index (χ1) is 12.4. The lowest BCUT2D eigenvalue weighted by atomic mass is 9.66. The van der Waals surface area contributed by atoms with E-state index in [1.165, 1.54) is 17.5 Å². The number of hydrogen-bond acceptors (Lipinski definition) is 3. The maximum Gasteiger partial charge on any atom is 0.217 e. The zero-order valence-electron chi connectivity index (χ0n) is 16.2. The molecule has 0 aromatic heterocycles. The van der Waals surface area contributed by atoms with Crippen LogP contribution < -0.4 is 10.1 Å². The molecule has 0 radical (unpaired) electrons. The molecule has 4 nitrogen and oxygen atoms in total. The average Bonchev–Trinajstić information content (AvgIpc) is 2.60. The van der Waals surface area contributed by atoms with Crippen LogP contribution in [0.25, 0.3) is 0 Å². The molecule has 3 aliphatic rings. The van der Waals surface area contributed by atoms with E-state index in [0.717, 1.165) is 44.5 Å². The Bertz CT molecular complexity index is 688. The van der Waals surface area contributed by atoms with Crippen LogP contribution in [0.3, 0.4) is 0 Å². The van der Waals surface area contributed by atoms with E-state index in [4.69, 9.17) is 9.47 Å². The smallest absolute Gasteiger partial charge is 0.217 e. The summed E-state index contributed by atoms with van der Waals surface area (Å²) in [6.45, 7) is 6.98. The summed E-state index contributed by atoms with van der Waals surface area (Å²) in [5.74, 6) is 2.17. The molecule has 0 bridgehead atoms. The molecule has 1 aliphatic carbocycles. The minimum Gasteiger partial charge on any atom is -0.493 e. The summed E-state index contributed by atoms with van der Waals surface area (Å²) in [5.41, 5.74) is 2.31. The van der Waals surface area contributed by atoms with Crippen LogP contribution >= 0.6 is 0 Å². The maximum absolute atomic E-state index is 11.9. The molecule has 1 aromatic carbocycles. The van der Waals surface area contributed by atoms with Gasteiger partial charge in [-0.1, -0.05) is 19.4 Å². The van der Waals surface area contributed by atoms with E-state index in [9.17, 15) is 4.79 Å². The van der Waals surface area contributed by atoms with Gasteiger partial charge in [-0.15, -0.1) is 0 Å². The Kier molecular flexibility index (Phi) is 4.72. The Hall–Kier alpha value is -1.55. The quantitative estimate of drug-likeness (QED) is 0.864. The van der Waals surface area contributed by atoms with Gasteiger partial charge in [0.2, 0.25) is 5.91 Å². The summed E-state index contributed by atoms with van der Waals surface area (Å²) < 4.78 is 12.4. The number of aryl methyl sites for hydroxylation is 1. The van der Waals surface area contributed by atoms with Gasteiger partial charge in [-0.3, -0.25) is 4.79 Å². The van der Waals surface area contributed by atoms with Gasteiger partial charge in [-0.2, -0.15) is 0 Å². The molecule has 0 unspecified atom stereocenters. The van der Waals surface area contributed by atoms with E-state index in [1.54, 1.807) is 6.92 Å². The molecule has 1 amide bonds. The topological polar surface area (TPSA) is 47.6 Å². The average molecular weight is 357 g/mol. The zero-order valence-corrected chi connectivity index (χ0v) is 16.2. The molecule has 4 heteroatoms. The predicted molar refractivity (Wildman–Crippen MR) is 101 cm³/mol. The van der Waals surface area contributed by atoms with E-state index in [-0.39, 0.29) is 23.7 Å². The first kappa shape index (κ1) is 17.8. The number of carbonyl (C=O) groups excluding carboxylic acids is 1. The van der Waals surface area contributed by atoms with Gasteiger partial charge in [0, 0.05) is 24.8 Å². The Labute approximate surface area is 156 Å². The molecular formula is C22H31NO3. The molecule has 2 heterocycles. The van der Waals surface area contributed by atoms with Crippen LogP contribution in [0.4, 0.5) is 0 Å². The van der Waals surface area contributed by atoms with Crippen molar-refractivity contribution in [2.75, 3.05) is 6.61 Å². The number of amides is 1. The van der Waals surface area contributed by atoms with Crippen LogP contribution in [0.2, 0.25) is 0 Å². The summed E-state index contributed by atoms with van der Waals surface area (Å²) in [6.07, 6.45) is 6.68. The Morgan fingerprint density at radius 3 is 2.96 bits per heavy atom. The third-order valence-electron chi connectivity index (χ3n) is 6.59. The monoisotopic (exact) mass is 357 g/mol. The second kappa shape index (κ2) is 6.88. The van der Waals surface area contributed by atoms with Crippen molar-refractivity contribution >= 4 is 5.91 Å². The largest absolute Gasteiger partial charge is 0.493 e. The fourth-order valence-electron chi connectivity index (χ4n) is 5.33. The van der Waals surface area contributed by atoms with Crippen LogP contribution in [-0.2, 0) is 16.0 Å². The molecule has 1 saturated carbocycles. The van der Waals surface area contributed by atoms with Crippen molar-refractivity contribution < 1.29 is 14.3 Å². The molecule has 5 atom stereocenters. The van der Waals surface area contributed by atoms with Gasteiger partial charge in [0.1, 0.15) is 5.75 Å². The highest BCUT2D eigenvalue weighted by atomic mass is 16.5. The summed E-state index contributed by atoms with van der Waals surface area (Å²) in [6, 6.07) is 6.51. The fourth-order valence-corrected chi connectivity index (χ4v) is 5.33. The molecule has 1 saturated heterocycles. The number of benzene rings is 1. The van der Waals surface area contributed by atoms with Gasteiger partial charge in [0.25, 0.3) is 0 Å². The molecule has 4 rings (SSSR count). The molecular weight excluding hydrogens is 326 g/mol. The third kappa shape index (κ3) is 3.36. The highest BCUT2D eigenvalue weighted by Crippen LogP contribution is 2.48. The first-order valence-electron chi connectivity index (χ1n) is 10.1. The van der Waals surface area contributed by atoms with Gasteiger partial charge in [0.15, 0.2) is 0 Å². The van der Waals surface area contributed by atoms with E-state index in [2.05, 4.69) is 37.4 Å². The summed E-state index contributed by atoms with van der Waals surface area (Å²) in [5, 5.41) is 3.29. The highest BCUT2D eigenvalue weighted by Gasteiger charge is 2.49. The number of hydrogen-bond donors (Lipinski definition) is 1. The van der Waals surface area contributed by atoms with Crippen molar-refractivity contribution in [2.24, 2.45) is 11.8 Å². The molecule has 142 valence electrons. The van der Waals surface area contributed by atoms with Gasteiger partial charge < -0.3 is 14.8 Å². The molecule has 2 fully saturated rings. The van der Waals surface area contributed by atoms with Crippen LogP contribution in [0, 0.1) is 11.8 Å². The lowest BCUT2D eigenvalue weighted by Gasteiger charge is -2.52. The van der Waals surface area contributed by atoms with Crippen molar-refractivity contribution in [3.63, 3.8) is 0 Å². The number of rotatable bonds is 2. The summed E-state index contributed by atoms with van der Waals surface area (Å²) in [4.78, 5) is 11.9.